The van der Waals surface area contributed by atoms with Crippen LogP contribution in [-0.4, -0.2) is 37.8 Å². The van der Waals surface area contributed by atoms with Crippen molar-refractivity contribution in [2.24, 2.45) is 5.73 Å². The van der Waals surface area contributed by atoms with Gasteiger partial charge in [0.15, 0.2) is 15.5 Å². The van der Waals surface area contributed by atoms with Crippen molar-refractivity contribution in [3.63, 3.8) is 0 Å². The molecule has 34 heavy (non-hydrogen) atoms. The number of rotatable bonds is 6. The van der Waals surface area contributed by atoms with Gasteiger partial charge in [-0.25, -0.2) is 32.2 Å². The second-order valence-corrected chi connectivity index (χ2v) is 8.72. The molecular weight excluding hydrogens is 471 g/mol. The first kappa shape index (κ1) is 24.1. The molecule has 0 spiro atoms. The van der Waals surface area contributed by atoms with Gasteiger partial charge in [0, 0.05) is 24.2 Å². The van der Waals surface area contributed by atoms with Gasteiger partial charge < -0.3 is 25.8 Å². The number of hydrogen-bond donors (Lipinski definition) is 3. The topological polar surface area (TPSA) is 167 Å². The van der Waals surface area contributed by atoms with Crippen LogP contribution in [0.4, 0.5) is 25.4 Å². The molecule has 0 aliphatic rings. The van der Waals surface area contributed by atoms with Gasteiger partial charge in [0.1, 0.15) is 17.3 Å². The zero-order valence-electron chi connectivity index (χ0n) is 17.4. The van der Waals surface area contributed by atoms with Crippen molar-refractivity contribution in [1.82, 2.24) is 4.98 Å². The number of benzene rings is 2. The summed E-state index contributed by atoms with van der Waals surface area (Å²) in [6, 6.07) is 10.9. The summed E-state index contributed by atoms with van der Waals surface area (Å²) in [4.78, 5) is 38.2. The molecule has 3 rings (SSSR count). The molecule has 0 aliphatic carbocycles. The first-order chi connectivity index (χ1) is 16.0. The molecule has 176 valence electrons. The number of esters is 1. The van der Waals surface area contributed by atoms with Crippen molar-refractivity contribution in [3.05, 3.63) is 72.3 Å². The molecule has 0 radical (unpaired) electrons. The third kappa shape index (κ3) is 6.49. The van der Waals surface area contributed by atoms with Crippen LogP contribution in [0.1, 0.15) is 10.5 Å². The van der Waals surface area contributed by atoms with Crippen LogP contribution in [0.25, 0.3) is 0 Å². The van der Waals surface area contributed by atoms with E-state index in [0.29, 0.717) is 11.4 Å². The first-order valence-electron chi connectivity index (χ1n) is 9.34. The quantitative estimate of drug-likeness (QED) is 0.270. The van der Waals surface area contributed by atoms with Gasteiger partial charge in [0.2, 0.25) is 0 Å². The van der Waals surface area contributed by atoms with Crippen molar-refractivity contribution in [1.29, 1.82) is 0 Å². The number of pyridine rings is 1. The number of sulfone groups is 1. The Morgan fingerprint density at radius 3 is 2.32 bits per heavy atom. The van der Waals surface area contributed by atoms with Gasteiger partial charge in [-0.2, -0.15) is 0 Å². The molecule has 0 bridgehead atoms. The van der Waals surface area contributed by atoms with Gasteiger partial charge in [0.25, 0.3) is 0 Å². The lowest BCUT2D eigenvalue weighted by Gasteiger charge is -2.11. The monoisotopic (exact) mass is 488 g/mol. The Balaban J connectivity index is 1.64. The Kier molecular flexibility index (Phi) is 7.06. The molecule has 1 heterocycles. The Morgan fingerprint density at radius 2 is 1.68 bits per heavy atom. The fraction of sp³-hybridized carbons (Fsp3) is 0.0476. The number of aromatic nitrogens is 1. The van der Waals surface area contributed by atoms with Crippen LogP contribution in [0.3, 0.4) is 0 Å². The number of carbonyl (C=O) groups is 3. The van der Waals surface area contributed by atoms with Crippen molar-refractivity contribution in [3.8, 4) is 11.5 Å². The highest BCUT2D eigenvalue weighted by Gasteiger charge is 2.14. The van der Waals surface area contributed by atoms with Gasteiger partial charge in [-0.1, -0.05) is 0 Å². The lowest BCUT2D eigenvalue weighted by molar-refractivity contribution is 0.0631. The SMILES string of the molecule is CS(=O)(=O)c1ccc(F)c(NC(=O)Nc2ccc(Oc3ccnc(C(=O)OC(N)=O)c3)cc2)c1. The number of carbonyl (C=O) groups excluding carboxylic acids is 3. The maximum absolute atomic E-state index is 13.9. The predicted octanol–water partition coefficient (Wildman–Crippen LogP) is 3.30. The fourth-order valence-corrected chi connectivity index (χ4v) is 3.23. The summed E-state index contributed by atoms with van der Waals surface area (Å²) in [7, 11) is -3.58. The van der Waals surface area contributed by atoms with E-state index >= 15 is 0 Å². The number of anilines is 2. The average molecular weight is 488 g/mol. The highest BCUT2D eigenvalue weighted by atomic mass is 32.2. The highest BCUT2D eigenvalue weighted by molar-refractivity contribution is 7.90. The standard InChI is InChI=1S/C21H17FN4O7S/c1-34(30,31)15-6-7-16(22)17(11-15)26-21(29)25-12-2-4-13(5-3-12)32-14-8-9-24-18(10-14)19(27)33-20(23)28/h2-11H,1H3,(H2,23,28)(H2,25,26,29). The number of nitrogens with zero attached hydrogens (tertiary/aromatic N) is 1. The van der Waals surface area contributed by atoms with Gasteiger partial charge in [-0.15, -0.1) is 0 Å². The summed E-state index contributed by atoms with van der Waals surface area (Å²) in [5, 5.41) is 4.72. The summed E-state index contributed by atoms with van der Waals surface area (Å²) < 4.78 is 47.0. The van der Waals surface area contributed by atoms with E-state index in [1.165, 1.54) is 42.6 Å². The maximum atomic E-state index is 13.9. The molecule has 3 aromatic rings. The molecule has 3 amide bonds. The van der Waals surface area contributed by atoms with Crippen molar-refractivity contribution in [2.75, 3.05) is 16.9 Å². The average Bonchev–Trinajstić information content (AvgIpc) is 2.75. The van der Waals surface area contributed by atoms with Crippen LogP contribution in [0, 0.1) is 5.82 Å². The van der Waals surface area contributed by atoms with E-state index in [2.05, 4.69) is 20.4 Å². The lowest BCUT2D eigenvalue weighted by Crippen LogP contribution is -2.20. The van der Waals surface area contributed by atoms with E-state index in [0.717, 1.165) is 24.5 Å². The number of halogens is 1. The summed E-state index contributed by atoms with van der Waals surface area (Å²) in [5.41, 5.74) is 4.62. The van der Waals surface area contributed by atoms with E-state index in [1.807, 2.05) is 0 Å². The fourth-order valence-electron chi connectivity index (χ4n) is 2.59. The number of nitrogens with two attached hydrogens (primary N) is 1. The van der Waals surface area contributed by atoms with Gasteiger partial charge >= 0.3 is 18.1 Å². The third-order valence-electron chi connectivity index (χ3n) is 4.10. The maximum Gasteiger partial charge on any atom is 0.412 e. The van der Waals surface area contributed by atoms with E-state index in [1.54, 1.807) is 0 Å². The van der Waals surface area contributed by atoms with Crippen molar-refractivity contribution >= 4 is 39.3 Å². The minimum atomic E-state index is -3.58. The molecule has 0 aliphatic heterocycles. The van der Waals surface area contributed by atoms with Crippen molar-refractivity contribution < 1.29 is 36.7 Å². The van der Waals surface area contributed by atoms with E-state index < -0.39 is 33.7 Å². The van der Waals surface area contributed by atoms with Crippen LogP contribution in [0.5, 0.6) is 11.5 Å². The second kappa shape index (κ2) is 9.95. The normalized spacial score (nSPS) is 10.8. The highest BCUT2D eigenvalue weighted by Crippen LogP contribution is 2.24. The van der Waals surface area contributed by atoms with Crippen LogP contribution in [0.2, 0.25) is 0 Å². The van der Waals surface area contributed by atoms with Crippen LogP contribution in [-0.2, 0) is 14.6 Å². The Labute approximate surface area is 192 Å². The first-order valence-corrected chi connectivity index (χ1v) is 11.2. The predicted molar refractivity (Wildman–Crippen MR) is 118 cm³/mol. The Hall–Kier alpha value is -4.52. The summed E-state index contributed by atoms with van der Waals surface area (Å²) in [5.74, 6) is -1.30. The lowest BCUT2D eigenvalue weighted by atomic mass is 10.3. The third-order valence-corrected chi connectivity index (χ3v) is 5.21. The van der Waals surface area contributed by atoms with Gasteiger partial charge in [-0.3, -0.25) is 0 Å². The van der Waals surface area contributed by atoms with E-state index in [-0.39, 0.29) is 22.0 Å². The summed E-state index contributed by atoms with van der Waals surface area (Å²) in [6.07, 6.45) is 0.967. The molecule has 2 aromatic carbocycles. The van der Waals surface area contributed by atoms with E-state index in [9.17, 15) is 27.2 Å². The summed E-state index contributed by atoms with van der Waals surface area (Å²) in [6.45, 7) is 0. The number of ether oxygens (including phenoxy) is 2. The minimum absolute atomic E-state index is 0.145. The molecule has 4 N–H and O–H groups in total. The van der Waals surface area contributed by atoms with Crippen LogP contribution < -0.4 is 21.1 Å². The smallest absolute Gasteiger partial charge is 0.412 e. The molecule has 0 fully saturated rings. The number of urea groups is 1. The minimum Gasteiger partial charge on any atom is -0.457 e. The molecular formula is C21H17FN4O7S. The molecule has 1 aromatic heterocycles. The second-order valence-electron chi connectivity index (χ2n) is 6.70. The molecule has 0 unspecified atom stereocenters. The molecule has 0 atom stereocenters. The molecule has 0 saturated carbocycles. The Bertz CT molecular complexity index is 1360. The van der Waals surface area contributed by atoms with Crippen LogP contribution >= 0.6 is 0 Å². The number of hydrogen-bond acceptors (Lipinski definition) is 8. The number of nitrogens with one attached hydrogen (secondary N) is 2. The number of amides is 3. The van der Waals surface area contributed by atoms with E-state index in [4.69, 9.17) is 10.5 Å². The molecule has 11 nitrogen and oxygen atoms in total. The van der Waals surface area contributed by atoms with Crippen LogP contribution in [0.15, 0.2) is 65.7 Å². The summed E-state index contributed by atoms with van der Waals surface area (Å²) >= 11 is 0. The molecule has 0 saturated heterocycles. The van der Waals surface area contributed by atoms with Gasteiger partial charge in [0.05, 0.1) is 10.6 Å². The van der Waals surface area contributed by atoms with Crippen molar-refractivity contribution in [2.45, 2.75) is 4.90 Å². The number of primary amides is 1. The Morgan fingerprint density at radius 1 is 0.971 bits per heavy atom. The van der Waals surface area contributed by atoms with Gasteiger partial charge in [-0.05, 0) is 48.5 Å². The largest absolute Gasteiger partial charge is 0.457 e. The zero-order valence-corrected chi connectivity index (χ0v) is 18.3. The molecule has 13 heteroatoms. The zero-order chi connectivity index (χ0) is 24.9.